The summed E-state index contributed by atoms with van der Waals surface area (Å²) in [5, 5.41) is 34.1. The first-order chi connectivity index (χ1) is 54.4. The molecule has 2 nitrogen and oxygen atoms in total. The van der Waals surface area contributed by atoms with Crippen molar-refractivity contribution in [2.24, 2.45) is 0 Å². The Hall–Kier alpha value is -8.30. The number of methoxy groups -OCH3 is 2. The summed E-state index contributed by atoms with van der Waals surface area (Å²) in [6.45, 7) is 9.32. The maximum Gasteiger partial charge on any atom is 0.134 e. The predicted molar refractivity (Wildman–Crippen MR) is 484 cm³/mol. The standard InChI is InChI=1S/C108H126O2/c1-7-11-15-19-23-27-31-35-39-43-51-75-63-83-84-64-76(52-44-40-36-32-28-24-20-16-12-8-2)68-88-93-73-80(60-62-82-56-48-50-58-96(82)110-6)74-94-90-70-78(54-46-42-38-34-30-26-22-18-14-10-4)66-86-85-65-77(53-45-41-37-33-29-25-21-17-13-9-3)69-89-92-72-79(59-61-81-55-47-49-57-95(81)109-5)71-91-87(67-75)97(83)103-104(98(84)88)108(102(93)94)106(100(86)90)105(99(85)89)107(103)101(91)92/h47-50,55-58,63-74H,7-46,51-54H2,1-6H3. The van der Waals surface area contributed by atoms with Gasteiger partial charge in [-0.2, -0.15) is 0 Å². The van der Waals surface area contributed by atoms with Gasteiger partial charge in [-0.15, -0.1) is 0 Å². The van der Waals surface area contributed by atoms with Crippen molar-refractivity contribution in [3.8, 4) is 35.2 Å². The number of hydrogen-bond donors (Lipinski definition) is 0. The highest BCUT2D eigenvalue weighted by Crippen LogP contribution is 2.61. The highest BCUT2D eigenvalue weighted by Gasteiger charge is 2.33. The van der Waals surface area contributed by atoms with E-state index in [9.17, 15) is 0 Å². The lowest BCUT2D eigenvalue weighted by atomic mass is 9.72. The third-order valence-corrected chi connectivity index (χ3v) is 26.0. The average Bonchev–Trinajstić information content (AvgIpc) is 0.642. The van der Waals surface area contributed by atoms with Crippen LogP contribution in [0.3, 0.4) is 0 Å². The maximum absolute atomic E-state index is 6.01. The van der Waals surface area contributed by atoms with Crippen molar-refractivity contribution in [3.63, 3.8) is 0 Å². The zero-order valence-corrected chi connectivity index (χ0v) is 68.5. The fourth-order valence-electron chi connectivity index (χ4n) is 20.3. The summed E-state index contributed by atoms with van der Waals surface area (Å²) in [6, 6.07) is 48.5. The summed E-state index contributed by atoms with van der Waals surface area (Å²) in [6.07, 6.45) is 57.5. The van der Waals surface area contributed by atoms with E-state index in [0.717, 1.165) is 59.4 Å². The molecule has 0 unspecified atom stereocenters. The van der Waals surface area contributed by atoms with Gasteiger partial charge < -0.3 is 9.47 Å². The minimum absolute atomic E-state index is 0.817. The summed E-state index contributed by atoms with van der Waals surface area (Å²) < 4.78 is 12.0. The van der Waals surface area contributed by atoms with E-state index in [1.54, 1.807) is 14.2 Å². The van der Waals surface area contributed by atoms with Crippen LogP contribution in [-0.4, -0.2) is 14.2 Å². The van der Waals surface area contributed by atoms with Crippen molar-refractivity contribution < 1.29 is 9.47 Å². The Morgan fingerprint density at radius 3 is 0.582 bits per heavy atom. The Labute approximate surface area is 660 Å². The summed E-state index contributed by atoms with van der Waals surface area (Å²) in [5.41, 5.74) is 9.84. The molecule has 0 radical (unpaired) electrons. The number of ether oxygens (including phenoxy) is 2. The second-order valence-electron chi connectivity index (χ2n) is 34.0. The van der Waals surface area contributed by atoms with Crippen LogP contribution < -0.4 is 9.47 Å². The van der Waals surface area contributed by atoms with Crippen molar-refractivity contribution >= 4 is 129 Å². The van der Waals surface area contributed by atoms with E-state index in [-0.39, 0.29) is 0 Å². The number of para-hydroxylation sites is 2. The molecule has 110 heavy (non-hydrogen) atoms. The molecule has 0 aliphatic carbocycles. The highest BCUT2D eigenvalue weighted by molar-refractivity contribution is 6.61. The Kier molecular flexibility index (Phi) is 26.2. The lowest BCUT2D eigenvalue weighted by molar-refractivity contribution is 0.413. The molecule has 0 fully saturated rings. The first kappa shape index (κ1) is 77.0. The summed E-state index contributed by atoms with van der Waals surface area (Å²) in [5.74, 6) is 16.8. The van der Waals surface area contributed by atoms with Gasteiger partial charge in [-0.05, 0) is 251 Å². The number of rotatable bonds is 46. The van der Waals surface area contributed by atoms with Crippen molar-refractivity contribution in [2.45, 2.75) is 310 Å². The molecule has 570 valence electrons. The van der Waals surface area contributed by atoms with Gasteiger partial charge in [-0.1, -0.05) is 355 Å². The number of aryl methyl sites for hydroxylation is 4. The predicted octanol–water partition coefficient (Wildman–Crippen LogP) is 32.8. The Morgan fingerprint density at radius 1 is 0.200 bits per heavy atom. The van der Waals surface area contributed by atoms with Gasteiger partial charge in [0.2, 0.25) is 0 Å². The van der Waals surface area contributed by atoms with E-state index in [2.05, 4.69) is 173 Å². The Morgan fingerprint density at radius 2 is 0.382 bits per heavy atom. The Bertz CT molecular complexity index is 5000. The van der Waals surface area contributed by atoms with Crippen LogP contribution in [0, 0.1) is 23.7 Å². The molecule has 0 saturated carbocycles. The molecule has 2 heteroatoms. The smallest absolute Gasteiger partial charge is 0.134 e. The minimum atomic E-state index is 0.817. The van der Waals surface area contributed by atoms with Gasteiger partial charge in [0.15, 0.2) is 0 Å². The third kappa shape index (κ3) is 16.4. The maximum atomic E-state index is 6.01. The fraction of sp³-hybridized carbons (Fsp3) is 0.463. The monoisotopic (exact) mass is 1450 g/mol. The lowest BCUT2D eigenvalue weighted by Gasteiger charge is -2.30. The Balaban J connectivity index is 0.996. The largest absolute Gasteiger partial charge is 0.495 e. The molecule has 0 aliphatic heterocycles. The van der Waals surface area contributed by atoms with Gasteiger partial charge in [0.05, 0.1) is 25.3 Å². The molecule has 0 bridgehead atoms. The van der Waals surface area contributed by atoms with E-state index in [1.165, 1.54) is 408 Å². The molecule has 0 N–H and O–H groups in total. The van der Waals surface area contributed by atoms with Crippen molar-refractivity contribution in [2.75, 3.05) is 14.2 Å². The van der Waals surface area contributed by atoms with Gasteiger partial charge in [0, 0.05) is 11.1 Å². The van der Waals surface area contributed by atoms with Gasteiger partial charge in [0.25, 0.3) is 0 Å². The number of benzene rings is 15. The highest BCUT2D eigenvalue weighted by atomic mass is 16.5. The van der Waals surface area contributed by atoms with Gasteiger partial charge in [0.1, 0.15) is 11.5 Å². The van der Waals surface area contributed by atoms with Gasteiger partial charge in [-0.25, -0.2) is 0 Å². The van der Waals surface area contributed by atoms with Crippen LogP contribution in [0.15, 0.2) is 121 Å². The minimum Gasteiger partial charge on any atom is -0.495 e. The van der Waals surface area contributed by atoms with E-state index in [4.69, 9.17) is 9.47 Å². The molecule has 15 aromatic rings. The van der Waals surface area contributed by atoms with Gasteiger partial charge in [-0.3, -0.25) is 0 Å². The lowest BCUT2D eigenvalue weighted by Crippen LogP contribution is -2.03. The summed E-state index contributed by atoms with van der Waals surface area (Å²) in [7, 11) is 3.56. The molecule has 15 rings (SSSR count). The molecular formula is C108H126O2. The van der Waals surface area contributed by atoms with Crippen LogP contribution in [0.4, 0.5) is 0 Å². The number of unbranched alkanes of at least 4 members (excludes halogenated alkanes) is 36. The van der Waals surface area contributed by atoms with E-state index in [1.807, 2.05) is 0 Å². The van der Waals surface area contributed by atoms with Crippen molar-refractivity contribution in [1.29, 1.82) is 0 Å². The second kappa shape index (κ2) is 37.4. The quantitative estimate of drug-likeness (QED) is 0.0164. The van der Waals surface area contributed by atoms with E-state index in [0.29, 0.717) is 0 Å². The third-order valence-electron chi connectivity index (χ3n) is 26.0. The molecule has 0 heterocycles. The zero-order chi connectivity index (χ0) is 75.1. The van der Waals surface area contributed by atoms with E-state index < -0.39 is 0 Å². The van der Waals surface area contributed by atoms with Crippen molar-refractivity contribution in [3.05, 3.63) is 166 Å². The molecule has 0 aromatic heterocycles. The van der Waals surface area contributed by atoms with Crippen LogP contribution in [0.1, 0.15) is 329 Å². The first-order valence-corrected chi connectivity index (χ1v) is 45.1. The van der Waals surface area contributed by atoms with Crippen LogP contribution in [-0.2, 0) is 25.7 Å². The fourth-order valence-corrected chi connectivity index (χ4v) is 20.3. The average molecular weight is 1460 g/mol. The topological polar surface area (TPSA) is 18.5 Å². The molecule has 15 aromatic carbocycles. The molecule has 0 aliphatic rings. The van der Waals surface area contributed by atoms with Crippen LogP contribution in [0.2, 0.25) is 0 Å². The molecular weight excluding hydrogens is 1330 g/mol. The van der Waals surface area contributed by atoms with Crippen molar-refractivity contribution in [1.82, 2.24) is 0 Å². The zero-order valence-electron chi connectivity index (χ0n) is 68.5. The van der Waals surface area contributed by atoms with Crippen LogP contribution in [0.5, 0.6) is 11.5 Å². The van der Waals surface area contributed by atoms with E-state index >= 15 is 0 Å². The number of fused-ring (bicyclic) bond motifs is 6. The van der Waals surface area contributed by atoms with Crippen LogP contribution in [0.25, 0.3) is 129 Å². The molecule has 0 atom stereocenters. The second-order valence-corrected chi connectivity index (χ2v) is 34.0. The van der Waals surface area contributed by atoms with Gasteiger partial charge >= 0.3 is 0 Å². The molecule has 0 saturated heterocycles. The molecule has 0 amide bonds. The first-order valence-electron chi connectivity index (χ1n) is 45.1. The SMILES string of the molecule is CCCCCCCCCCCCc1cc2c3cc(C#Cc4ccccc4OC)cc4c5cc(CCCCCCCCCCCC)cc6c7cc(CCCCCCCCCCCC)cc8c9cc(C#Cc%10ccccc%10OC)cc%10c%11cc(CCCCCCCCCCCC)cc%12c(c1)c2c1c(c34)c(c56)c(c87)c(c%109)c1c%11%12. The van der Waals surface area contributed by atoms with Crippen LogP contribution >= 0.6 is 0 Å². The molecule has 0 spiro atoms. The number of hydrogen-bond acceptors (Lipinski definition) is 2. The normalized spacial score (nSPS) is 12.3. The summed E-state index contributed by atoms with van der Waals surface area (Å²) >= 11 is 0. The summed E-state index contributed by atoms with van der Waals surface area (Å²) in [4.78, 5) is 0.